The number of anilines is 1. The van der Waals surface area contributed by atoms with Gasteiger partial charge in [0.15, 0.2) is 5.76 Å². The van der Waals surface area contributed by atoms with Gasteiger partial charge in [0.25, 0.3) is 0 Å². The van der Waals surface area contributed by atoms with E-state index in [0.29, 0.717) is 17.2 Å². The Labute approximate surface area is 155 Å². The summed E-state index contributed by atoms with van der Waals surface area (Å²) in [6.45, 7) is 1.92. The Morgan fingerprint density at radius 1 is 1.11 bits per heavy atom. The highest BCUT2D eigenvalue weighted by molar-refractivity contribution is 6.06. The fraction of sp³-hybridized carbons (Fsp3) is 0.190. The average Bonchev–Trinajstić information content (AvgIpc) is 3.08. The number of rotatable bonds is 4. The summed E-state index contributed by atoms with van der Waals surface area (Å²) in [4.78, 5) is 17.6. The number of benzene rings is 1. The standard InChI is InChI=1S/C21H17N3O3/c1-13-11-16(14-5-2-3-6-15(14)22-13)23-20(25)21(8-9-21)19-12-18(27-24-19)17-7-4-10-26-17/h2-7,10-12H,8-9H2,1H3,(H,22,23,25). The van der Waals surface area contributed by atoms with Crippen LogP contribution in [0.25, 0.3) is 22.4 Å². The number of amides is 1. The van der Waals surface area contributed by atoms with Gasteiger partial charge in [-0.05, 0) is 44.0 Å². The van der Waals surface area contributed by atoms with Crippen molar-refractivity contribution in [3.05, 3.63) is 66.2 Å². The van der Waals surface area contributed by atoms with Crippen molar-refractivity contribution >= 4 is 22.5 Å². The normalized spacial score (nSPS) is 15.0. The molecule has 1 aromatic carbocycles. The molecule has 27 heavy (non-hydrogen) atoms. The van der Waals surface area contributed by atoms with E-state index in [9.17, 15) is 4.79 Å². The van der Waals surface area contributed by atoms with Crippen molar-refractivity contribution in [1.82, 2.24) is 10.1 Å². The number of fused-ring (bicyclic) bond motifs is 1. The highest BCUT2D eigenvalue weighted by Crippen LogP contribution is 2.49. The molecule has 0 spiro atoms. The summed E-state index contributed by atoms with van der Waals surface area (Å²) in [7, 11) is 0. The molecule has 6 heteroatoms. The van der Waals surface area contributed by atoms with E-state index in [-0.39, 0.29) is 5.91 Å². The number of aryl methyl sites for hydroxylation is 1. The van der Waals surface area contributed by atoms with E-state index in [1.54, 1.807) is 24.5 Å². The van der Waals surface area contributed by atoms with Crippen LogP contribution < -0.4 is 5.32 Å². The third-order valence-electron chi connectivity index (χ3n) is 5.04. The van der Waals surface area contributed by atoms with Crippen LogP contribution >= 0.6 is 0 Å². The number of nitrogens with zero attached hydrogens (tertiary/aromatic N) is 2. The molecule has 134 valence electrons. The molecule has 1 aliphatic carbocycles. The minimum atomic E-state index is -0.646. The molecule has 1 amide bonds. The number of carbonyl (C=O) groups excluding carboxylic acids is 1. The molecule has 1 aliphatic rings. The largest absolute Gasteiger partial charge is 0.461 e. The van der Waals surface area contributed by atoms with Crippen LogP contribution in [0.5, 0.6) is 0 Å². The van der Waals surface area contributed by atoms with Crippen LogP contribution in [0.15, 0.2) is 63.7 Å². The number of aromatic nitrogens is 2. The maximum atomic E-state index is 13.1. The summed E-state index contributed by atoms with van der Waals surface area (Å²) in [5.41, 5.74) is 2.48. The lowest BCUT2D eigenvalue weighted by Crippen LogP contribution is -2.28. The smallest absolute Gasteiger partial charge is 0.236 e. The molecule has 0 atom stereocenters. The third-order valence-corrected chi connectivity index (χ3v) is 5.04. The Bertz CT molecular complexity index is 1140. The highest BCUT2D eigenvalue weighted by Gasteiger charge is 2.54. The maximum Gasteiger partial charge on any atom is 0.236 e. The minimum absolute atomic E-state index is 0.0717. The lowest BCUT2D eigenvalue weighted by Gasteiger charge is -2.14. The first kappa shape index (κ1) is 15.8. The Hall–Kier alpha value is -3.41. The van der Waals surface area contributed by atoms with E-state index < -0.39 is 5.41 Å². The van der Waals surface area contributed by atoms with Crippen LogP contribution in [0.2, 0.25) is 0 Å². The second kappa shape index (κ2) is 5.81. The Morgan fingerprint density at radius 3 is 2.74 bits per heavy atom. The van der Waals surface area contributed by atoms with Gasteiger partial charge in [0.05, 0.1) is 28.6 Å². The van der Waals surface area contributed by atoms with Gasteiger partial charge in [-0.15, -0.1) is 0 Å². The Kier molecular flexibility index (Phi) is 3.40. The molecule has 3 aromatic heterocycles. The number of furan rings is 1. The van der Waals surface area contributed by atoms with Crippen molar-refractivity contribution < 1.29 is 13.7 Å². The van der Waals surface area contributed by atoms with E-state index in [1.165, 1.54) is 0 Å². The van der Waals surface area contributed by atoms with Gasteiger partial charge in [-0.3, -0.25) is 9.78 Å². The van der Waals surface area contributed by atoms with Crippen molar-refractivity contribution in [2.24, 2.45) is 0 Å². The molecule has 0 unspecified atom stereocenters. The molecule has 1 N–H and O–H groups in total. The second-order valence-electron chi connectivity index (χ2n) is 6.92. The zero-order valence-electron chi connectivity index (χ0n) is 14.7. The zero-order valence-corrected chi connectivity index (χ0v) is 14.7. The van der Waals surface area contributed by atoms with E-state index in [4.69, 9.17) is 8.94 Å². The van der Waals surface area contributed by atoms with Crippen LogP contribution in [0, 0.1) is 6.92 Å². The molecule has 0 radical (unpaired) electrons. The predicted octanol–water partition coefficient (Wildman–Crippen LogP) is 4.46. The summed E-state index contributed by atoms with van der Waals surface area (Å²) in [6.07, 6.45) is 3.06. The van der Waals surface area contributed by atoms with Gasteiger partial charge in [-0.25, -0.2) is 0 Å². The van der Waals surface area contributed by atoms with Crippen molar-refractivity contribution in [2.45, 2.75) is 25.2 Å². The first-order valence-corrected chi connectivity index (χ1v) is 8.85. The van der Waals surface area contributed by atoms with Gasteiger partial charge in [0.2, 0.25) is 11.7 Å². The molecule has 5 rings (SSSR count). The molecule has 0 bridgehead atoms. The van der Waals surface area contributed by atoms with Crippen molar-refractivity contribution in [3.8, 4) is 11.5 Å². The molecular weight excluding hydrogens is 342 g/mol. The third kappa shape index (κ3) is 2.61. The fourth-order valence-corrected chi connectivity index (χ4v) is 3.41. The summed E-state index contributed by atoms with van der Waals surface area (Å²) in [5, 5.41) is 8.15. The number of para-hydroxylation sites is 1. The van der Waals surface area contributed by atoms with Crippen molar-refractivity contribution in [2.75, 3.05) is 5.32 Å². The van der Waals surface area contributed by atoms with E-state index in [1.807, 2.05) is 37.3 Å². The molecule has 4 aromatic rings. The summed E-state index contributed by atoms with van der Waals surface area (Å²) in [6, 6.07) is 15.1. The number of hydrogen-bond acceptors (Lipinski definition) is 5. The number of nitrogens with one attached hydrogen (secondary N) is 1. The fourth-order valence-electron chi connectivity index (χ4n) is 3.41. The Balaban J connectivity index is 1.46. The number of pyridine rings is 1. The second-order valence-corrected chi connectivity index (χ2v) is 6.92. The summed E-state index contributed by atoms with van der Waals surface area (Å²) >= 11 is 0. The predicted molar refractivity (Wildman–Crippen MR) is 100 cm³/mol. The quantitative estimate of drug-likeness (QED) is 0.582. The van der Waals surface area contributed by atoms with Gasteiger partial charge in [-0.2, -0.15) is 0 Å². The van der Waals surface area contributed by atoms with Gasteiger partial charge in [-0.1, -0.05) is 23.4 Å². The highest BCUT2D eigenvalue weighted by atomic mass is 16.5. The topological polar surface area (TPSA) is 81.2 Å². The molecule has 3 heterocycles. The van der Waals surface area contributed by atoms with Gasteiger partial charge >= 0.3 is 0 Å². The van der Waals surface area contributed by atoms with Crippen LogP contribution in [0.3, 0.4) is 0 Å². The average molecular weight is 359 g/mol. The Morgan fingerprint density at radius 2 is 1.96 bits per heavy atom. The minimum Gasteiger partial charge on any atom is -0.461 e. The lowest BCUT2D eigenvalue weighted by atomic mass is 10.0. The van der Waals surface area contributed by atoms with Crippen LogP contribution in [0.1, 0.15) is 24.2 Å². The maximum absolute atomic E-state index is 13.1. The molecular formula is C21H17N3O3. The zero-order chi connectivity index (χ0) is 18.4. The number of hydrogen-bond donors (Lipinski definition) is 1. The molecule has 0 saturated heterocycles. The van der Waals surface area contributed by atoms with E-state index >= 15 is 0 Å². The monoisotopic (exact) mass is 359 g/mol. The van der Waals surface area contributed by atoms with Crippen molar-refractivity contribution in [1.29, 1.82) is 0 Å². The lowest BCUT2D eigenvalue weighted by molar-refractivity contribution is -0.118. The molecule has 1 saturated carbocycles. The van der Waals surface area contributed by atoms with Crippen molar-refractivity contribution in [3.63, 3.8) is 0 Å². The van der Waals surface area contributed by atoms with Crippen LogP contribution in [-0.2, 0) is 10.2 Å². The van der Waals surface area contributed by atoms with E-state index in [0.717, 1.165) is 35.1 Å². The van der Waals surface area contributed by atoms with Gasteiger partial charge in [0, 0.05) is 17.1 Å². The first-order chi connectivity index (χ1) is 13.2. The molecule has 6 nitrogen and oxygen atoms in total. The van der Waals surface area contributed by atoms with E-state index in [2.05, 4.69) is 15.5 Å². The van der Waals surface area contributed by atoms with Crippen LogP contribution in [-0.4, -0.2) is 16.0 Å². The number of carbonyl (C=O) groups is 1. The summed E-state index contributed by atoms with van der Waals surface area (Å²) < 4.78 is 10.7. The van der Waals surface area contributed by atoms with Crippen LogP contribution in [0.4, 0.5) is 5.69 Å². The summed E-state index contributed by atoms with van der Waals surface area (Å²) in [5.74, 6) is 1.05. The first-order valence-electron chi connectivity index (χ1n) is 8.85. The molecule has 0 aliphatic heterocycles. The van der Waals surface area contributed by atoms with Gasteiger partial charge < -0.3 is 14.3 Å². The molecule has 1 fully saturated rings. The van der Waals surface area contributed by atoms with Gasteiger partial charge in [0.1, 0.15) is 0 Å². The SMILES string of the molecule is Cc1cc(NC(=O)C2(c3cc(-c4ccco4)on3)CC2)c2ccccc2n1.